The molecule has 0 radical (unpaired) electrons. The van der Waals surface area contributed by atoms with Gasteiger partial charge in [0.2, 0.25) is 5.91 Å². The first-order valence-electron chi connectivity index (χ1n) is 16.0. The molecule has 0 spiro atoms. The van der Waals surface area contributed by atoms with Gasteiger partial charge in [0.1, 0.15) is 24.7 Å². The number of anilines is 1. The van der Waals surface area contributed by atoms with Crippen LogP contribution in [0.4, 0.5) is 5.69 Å². The molecule has 2 aromatic carbocycles. The molecule has 3 atom stereocenters. The lowest BCUT2D eigenvalue weighted by atomic mass is 9.85. The summed E-state index contributed by atoms with van der Waals surface area (Å²) in [5.41, 5.74) is 3.29. The minimum Gasteiger partial charge on any atom is -0.494 e. The lowest BCUT2D eigenvalue weighted by molar-refractivity contribution is -0.140. The summed E-state index contributed by atoms with van der Waals surface area (Å²) in [6.45, 7) is 11.6. The van der Waals surface area contributed by atoms with Crippen LogP contribution in [-0.2, 0) is 30.3 Å². The molecule has 0 aromatic heterocycles. The van der Waals surface area contributed by atoms with E-state index in [2.05, 4.69) is 34.5 Å². The van der Waals surface area contributed by atoms with E-state index in [1.54, 1.807) is 19.1 Å². The number of likely N-dealkylation sites (N-methyl/N-ethyl adjacent to an activating group) is 1. The summed E-state index contributed by atoms with van der Waals surface area (Å²) < 4.78 is 35.2. The molecule has 244 valence electrons. The van der Waals surface area contributed by atoms with E-state index in [-0.39, 0.29) is 30.6 Å². The van der Waals surface area contributed by atoms with Gasteiger partial charge in [0.05, 0.1) is 37.7 Å². The van der Waals surface area contributed by atoms with Gasteiger partial charge in [0, 0.05) is 72.5 Å². The standard InChI is InChI=1S/C34H51N3O7/c1-5-36(6-2)33(38)25-44-32-23-35-22-31(34(32)27-10-12-28(13-11-27)41-19-8-18-40-4)43-24-26-9-14-30-29(21-26)37(16-20-42-30)15-7-17-39-3/h9-14,21,31-32,34-35H,5-8,15-20,22-25H2,1-4H3/t31-,32+,34+/m0/s1. The van der Waals surface area contributed by atoms with Gasteiger partial charge in [0.25, 0.3) is 0 Å². The van der Waals surface area contributed by atoms with E-state index < -0.39 is 0 Å². The smallest absolute Gasteiger partial charge is 0.248 e. The summed E-state index contributed by atoms with van der Waals surface area (Å²) in [6, 6.07) is 14.5. The maximum atomic E-state index is 12.8. The normalized spacial score (nSPS) is 19.7. The molecule has 2 heterocycles. The fourth-order valence-corrected chi connectivity index (χ4v) is 5.88. The third-order valence-electron chi connectivity index (χ3n) is 8.28. The second kappa shape index (κ2) is 18.2. The SMILES string of the molecule is CCN(CC)C(=O)CO[C@@H]1CNC[C@H](OCc2ccc3c(c2)N(CCCOC)CCO3)[C@H]1c1ccc(OCCCOC)cc1. The minimum absolute atomic E-state index is 0.00271. The summed E-state index contributed by atoms with van der Waals surface area (Å²) in [4.78, 5) is 17.0. The molecule has 1 fully saturated rings. The summed E-state index contributed by atoms with van der Waals surface area (Å²) in [5.74, 6) is 1.67. The number of hydrogen-bond acceptors (Lipinski definition) is 9. The number of ether oxygens (including phenoxy) is 6. The number of carbonyl (C=O) groups is 1. The predicted octanol–water partition coefficient (Wildman–Crippen LogP) is 3.86. The fourth-order valence-electron chi connectivity index (χ4n) is 5.88. The van der Waals surface area contributed by atoms with Gasteiger partial charge in [0.15, 0.2) is 0 Å². The van der Waals surface area contributed by atoms with Crippen molar-refractivity contribution in [3.63, 3.8) is 0 Å². The molecule has 1 N–H and O–H groups in total. The van der Waals surface area contributed by atoms with E-state index in [9.17, 15) is 4.79 Å². The molecule has 0 unspecified atom stereocenters. The molecule has 4 rings (SSSR count). The molecule has 0 saturated carbocycles. The number of rotatable bonds is 18. The van der Waals surface area contributed by atoms with Crippen molar-refractivity contribution >= 4 is 11.6 Å². The van der Waals surface area contributed by atoms with Crippen LogP contribution in [0.1, 0.15) is 43.7 Å². The quantitative estimate of drug-likeness (QED) is 0.252. The topological polar surface area (TPSA) is 91.0 Å². The van der Waals surface area contributed by atoms with Crippen LogP contribution in [0.15, 0.2) is 42.5 Å². The molecule has 1 saturated heterocycles. The van der Waals surface area contributed by atoms with E-state index in [0.717, 1.165) is 60.9 Å². The first-order chi connectivity index (χ1) is 21.6. The minimum atomic E-state index is -0.227. The van der Waals surface area contributed by atoms with Crippen molar-refractivity contribution in [2.45, 2.75) is 51.4 Å². The van der Waals surface area contributed by atoms with E-state index in [1.165, 1.54) is 0 Å². The Balaban J connectivity index is 1.48. The van der Waals surface area contributed by atoms with Gasteiger partial charge in [-0.3, -0.25) is 4.79 Å². The maximum absolute atomic E-state index is 12.8. The van der Waals surface area contributed by atoms with Gasteiger partial charge >= 0.3 is 0 Å². The zero-order valence-corrected chi connectivity index (χ0v) is 26.9. The molecule has 0 aliphatic carbocycles. The second-order valence-electron chi connectivity index (χ2n) is 11.2. The van der Waals surface area contributed by atoms with Crippen LogP contribution in [0, 0.1) is 0 Å². The number of fused-ring (bicyclic) bond motifs is 1. The van der Waals surface area contributed by atoms with Crippen LogP contribution in [0.25, 0.3) is 0 Å². The predicted molar refractivity (Wildman–Crippen MR) is 171 cm³/mol. The van der Waals surface area contributed by atoms with Crippen molar-refractivity contribution in [1.82, 2.24) is 10.2 Å². The fraction of sp³-hybridized carbons (Fsp3) is 0.618. The summed E-state index contributed by atoms with van der Waals surface area (Å²) >= 11 is 0. The van der Waals surface area contributed by atoms with E-state index >= 15 is 0 Å². The third kappa shape index (κ3) is 9.55. The van der Waals surface area contributed by atoms with Crippen LogP contribution in [0.3, 0.4) is 0 Å². The van der Waals surface area contributed by atoms with Crippen molar-refractivity contribution in [2.75, 3.05) is 91.4 Å². The van der Waals surface area contributed by atoms with Crippen LogP contribution < -0.4 is 19.7 Å². The maximum Gasteiger partial charge on any atom is 0.248 e. The van der Waals surface area contributed by atoms with Crippen molar-refractivity contribution in [3.05, 3.63) is 53.6 Å². The Kier molecular flexibility index (Phi) is 14.0. The largest absolute Gasteiger partial charge is 0.494 e. The number of hydrogen-bond donors (Lipinski definition) is 1. The highest BCUT2D eigenvalue weighted by atomic mass is 16.5. The van der Waals surface area contributed by atoms with E-state index in [4.69, 9.17) is 28.4 Å². The van der Waals surface area contributed by atoms with Crippen molar-refractivity contribution in [1.29, 1.82) is 0 Å². The Hall–Kier alpha value is -2.89. The van der Waals surface area contributed by atoms with E-state index in [0.29, 0.717) is 52.6 Å². The van der Waals surface area contributed by atoms with Gasteiger partial charge in [-0.15, -0.1) is 0 Å². The Labute approximate surface area is 262 Å². The Bertz CT molecular complexity index is 1130. The molecule has 2 aliphatic heterocycles. The molecule has 1 amide bonds. The van der Waals surface area contributed by atoms with Crippen LogP contribution in [-0.4, -0.2) is 110 Å². The molecular formula is C34H51N3O7. The van der Waals surface area contributed by atoms with Crippen LogP contribution in [0.5, 0.6) is 11.5 Å². The van der Waals surface area contributed by atoms with E-state index in [1.807, 2.05) is 32.0 Å². The molecule has 2 aliphatic rings. The lowest BCUT2D eigenvalue weighted by Gasteiger charge is -2.39. The van der Waals surface area contributed by atoms with Gasteiger partial charge in [-0.1, -0.05) is 18.2 Å². The number of benzene rings is 2. The Morgan fingerprint density at radius 3 is 2.41 bits per heavy atom. The van der Waals surface area contributed by atoms with Gasteiger partial charge < -0.3 is 43.5 Å². The number of nitrogens with zero attached hydrogens (tertiary/aromatic N) is 2. The Morgan fingerprint density at radius 2 is 1.68 bits per heavy atom. The zero-order chi connectivity index (χ0) is 31.1. The number of carbonyl (C=O) groups excluding carboxylic acids is 1. The molecule has 2 aromatic rings. The second-order valence-corrected chi connectivity index (χ2v) is 11.2. The van der Waals surface area contributed by atoms with Crippen LogP contribution >= 0.6 is 0 Å². The highest BCUT2D eigenvalue weighted by molar-refractivity contribution is 5.77. The first kappa shape index (κ1) is 34.0. The highest BCUT2D eigenvalue weighted by Gasteiger charge is 2.36. The summed E-state index contributed by atoms with van der Waals surface area (Å²) in [5, 5.41) is 3.49. The average molecular weight is 614 g/mol. The van der Waals surface area contributed by atoms with Gasteiger partial charge in [-0.2, -0.15) is 0 Å². The van der Waals surface area contributed by atoms with Crippen molar-refractivity contribution < 1.29 is 33.2 Å². The highest BCUT2D eigenvalue weighted by Crippen LogP contribution is 2.35. The number of piperidine rings is 1. The number of amides is 1. The Morgan fingerprint density at radius 1 is 0.955 bits per heavy atom. The van der Waals surface area contributed by atoms with Crippen molar-refractivity contribution in [2.24, 2.45) is 0 Å². The number of nitrogens with one attached hydrogen (secondary N) is 1. The summed E-state index contributed by atoms with van der Waals surface area (Å²) in [7, 11) is 3.43. The van der Waals surface area contributed by atoms with Crippen LogP contribution in [0.2, 0.25) is 0 Å². The van der Waals surface area contributed by atoms with Gasteiger partial charge in [-0.05, 0) is 55.7 Å². The van der Waals surface area contributed by atoms with Crippen molar-refractivity contribution in [3.8, 4) is 11.5 Å². The third-order valence-corrected chi connectivity index (χ3v) is 8.28. The molecule has 44 heavy (non-hydrogen) atoms. The summed E-state index contributed by atoms with van der Waals surface area (Å²) in [6.07, 6.45) is 1.41. The molecule has 10 nitrogen and oxygen atoms in total. The molecule has 10 heteroatoms. The average Bonchev–Trinajstić information content (AvgIpc) is 3.06. The van der Waals surface area contributed by atoms with Gasteiger partial charge in [-0.25, -0.2) is 0 Å². The molecular weight excluding hydrogens is 562 g/mol. The monoisotopic (exact) mass is 613 g/mol. The lowest BCUT2D eigenvalue weighted by Crippen LogP contribution is -2.51. The number of methoxy groups -OCH3 is 2. The first-order valence-corrected chi connectivity index (χ1v) is 16.0. The molecule has 0 bridgehead atoms. The zero-order valence-electron chi connectivity index (χ0n) is 26.9.